The maximum atomic E-state index is 12.3. The van der Waals surface area contributed by atoms with Crippen LogP contribution in [0.2, 0.25) is 0 Å². The fraction of sp³-hybridized carbons (Fsp3) is 0.471. The van der Waals surface area contributed by atoms with E-state index in [2.05, 4.69) is 23.5 Å². The normalized spacial score (nSPS) is 18.0. The van der Waals surface area contributed by atoms with Crippen molar-refractivity contribution >= 4 is 24.4 Å². The third-order valence-electron chi connectivity index (χ3n) is 3.58. The van der Waals surface area contributed by atoms with Crippen LogP contribution in [0.1, 0.15) is 18.9 Å². The summed E-state index contributed by atoms with van der Waals surface area (Å²) >= 11 is 0. The lowest BCUT2D eigenvalue weighted by molar-refractivity contribution is -0.134. The van der Waals surface area contributed by atoms with Crippen LogP contribution < -0.4 is 5.32 Å². The van der Waals surface area contributed by atoms with Gasteiger partial charge >= 0.3 is 0 Å². The highest BCUT2D eigenvalue weighted by molar-refractivity contribution is 5.85. The first kappa shape index (κ1) is 18.7. The third kappa shape index (κ3) is 6.18. The van der Waals surface area contributed by atoms with Gasteiger partial charge in [-0.3, -0.25) is 4.79 Å². The van der Waals surface area contributed by atoms with Gasteiger partial charge in [0.2, 0.25) is 5.91 Å². The van der Waals surface area contributed by atoms with Gasteiger partial charge in [0.1, 0.15) is 0 Å². The number of halogens is 1. The molecular weight excluding hydrogens is 300 g/mol. The van der Waals surface area contributed by atoms with E-state index in [0.29, 0.717) is 19.6 Å². The summed E-state index contributed by atoms with van der Waals surface area (Å²) in [5.74, 6) is 0.156. The number of nitrogens with zero attached hydrogens (tertiary/aromatic N) is 1. The van der Waals surface area contributed by atoms with Crippen LogP contribution in [0.25, 0.3) is 6.08 Å². The minimum absolute atomic E-state index is 0. The number of carbonyl (C=O) groups is 1. The molecule has 1 aliphatic heterocycles. The molecule has 1 fully saturated rings. The molecule has 0 spiro atoms. The van der Waals surface area contributed by atoms with Gasteiger partial charge in [-0.1, -0.05) is 42.5 Å². The first-order valence-electron chi connectivity index (χ1n) is 7.61. The number of hydrogen-bond donors (Lipinski definition) is 1. The molecule has 2 rings (SSSR count). The zero-order chi connectivity index (χ0) is 14.9. The van der Waals surface area contributed by atoms with Gasteiger partial charge in [0, 0.05) is 26.2 Å². The van der Waals surface area contributed by atoms with E-state index in [0.717, 1.165) is 25.2 Å². The predicted molar refractivity (Wildman–Crippen MR) is 92.2 cm³/mol. The molecule has 1 heterocycles. The third-order valence-corrected chi connectivity index (χ3v) is 3.58. The maximum Gasteiger partial charge on any atom is 0.225 e. The highest BCUT2D eigenvalue weighted by Gasteiger charge is 2.20. The van der Waals surface area contributed by atoms with Gasteiger partial charge in [-0.25, -0.2) is 0 Å². The quantitative estimate of drug-likeness (QED) is 0.873. The second-order valence-electron chi connectivity index (χ2n) is 5.15. The molecule has 0 saturated carbocycles. The van der Waals surface area contributed by atoms with Crippen molar-refractivity contribution in [1.29, 1.82) is 0 Å². The Morgan fingerprint density at radius 3 is 2.82 bits per heavy atom. The van der Waals surface area contributed by atoms with Gasteiger partial charge in [-0.15, -0.1) is 12.4 Å². The first-order valence-corrected chi connectivity index (χ1v) is 7.61. The molecule has 0 radical (unpaired) electrons. The summed E-state index contributed by atoms with van der Waals surface area (Å²) in [7, 11) is 0. The summed E-state index contributed by atoms with van der Waals surface area (Å²) in [5.41, 5.74) is 1.15. The largest absolute Gasteiger partial charge is 0.375 e. The van der Waals surface area contributed by atoms with Crippen LogP contribution in [0.4, 0.5) is 0 Å². The lowest BCUT2D eigenvalue weighted by atomic mass is 10.2. The molecule has 4 nitrogen and oxygen atoms in total. The summed E-state index contributed by atoms with van der Waals surface area (Å²) in [6.45, 7) is 5.71. The topological polar surface area (TPSA) is 41.6 Å². The van der Waals surface area contributed by atoms with Gasteiger partial charge in [0.25, 0.3) is 0 Å². The molecule has 1 atom stereocenters. The Hall–Kier alpha value is -1.36. The Balaban J connectivity index is 0.00000242. The lowest BCUT2D eigenvalue weighted by Gasteiger charge is -2.26. The van der Waals surface area contributed by atoms with E-state index in [1.807, 2.05) is 36.1 Å². The van der Waals surface area contributed by atoms with Gasteiger partial charge in [-0.2, -0.15) is 0 Å². The van der Waals surface area contributed by atoms with E-state index in [4.69, 9.17) is 4.74 Å². The number of hydrogen-bond acceptors (Lipinski definition) is 3. The monoisotopic (exact) mass is 324 g/mol. The summed E-state index contributed by atoms with van der Waals surface area (Å²) in [6.07, 6.45) is 4.56. The standard InChI is InChI=1S/C17H24N2O2.ClH/c1-2-19(11-6-9-15-7-4-3-5-8-15)17(20)13-16-14-18-10-12-21-16;/h3-9,16,18H,2,10-14H2,1H3;1H/b9-6+;. The minimum atomic E-state index is 0. The van der Waals surface area contributed by atoms with E-state index >= 15 is 0 Å². The fourth-order valence-electron chi connectivity index (χ4n) is 2.36. The zero-order valence-corrected chi connectivity index (χ0v) is 13.8. The van der Waals surface area contributed by atoms with Crippen LogP contribution in [0.5, 0.6) is 0 Å². The van der Waals surface area contributed by atoms with Crippen LogP contribution in [0.3, 0.4) is 0 Å². The van der Waals surface area contributed by atoms with E-state index in [1.54, 1.807) is 0 Å². The van der Waals surface area contributed by atoms with Crippen LogP contribution in [-0.4, -0.2) is 49.7 Å². The zero-order valence-electron chi connectivity index (χ0n) is 13.0. The first-order chi connectivity index (χ1) is 10.3. The molecule has 122 valence electrons. The molecule has 1 aromatic carbocycles. The Kier molecular flexibility index (Phi) is 8.82. The lowest BCUT2D eigenvalue weighted by Crippen LogP contribution is -2.42. The van der Waals surface area contributed by atoms with Crippen molar-refractivity contribution in [2.75, 3.05) is 32.8 Å². The smallest absolute Gasteiger partial charge is 0.225 e. The highest BCUT2D eigenvalue weighted by atomic mass is 35.5. The molecule has 1 unspecified atom stereocenters. The van der Waals surface area contributed by atoms with Crippen molar-refractivity contribution in [2.24, 2.45) is 0 Å². The average Bonchev–Trinajstić information content (AvgIpc) is 2.53. The average molecular weight is 325 g/mol. The second-order valence-corrected chi connectivity index (χ2v) is 5.15. The molecule has 1 amide bonds. The molecule has 1 N–H and O–H groups in total. The maximum absolute atomic E-state index is 12.3. The second kappa shape index (κ2) is 10.4. The summed E-state index contributed by atoms with van der Waals surface area (Å²) < 4.78 is 5.59. The van der Waals surface area contributed by atoms with Crippen molar-refractivity contribution < 1.29 is 9.53 Å². The molecule has 5 heteroatoms. The molecule has 0 aromatic heterocycles. The van der Waals surface area contributed by atoms with Crippen molar-refractivity contribution in [2.45, 2.75) is 19.4 Å². The van der Waals surface area contributed by atoms with Gasteiger partial charge in [0.15, 0.2) is 0 Å². The number of nitrogens with one attached hydrogen (secondary N) is 1. The van der Waals surface area contributed by atoms with Crippen molar-refractivity contribution in [3.05, 3.63) is 42.0 Å². The number of likely N-dealkylation sites (N-methyl/N-ethyl adjacent to an activating group) is 1. The molecule has 1 aliphatic rings. The SMILES string of the molecule is CCN(C/C=C/c1ccccc1)C(=O)CC1CNCCO1.Cl. The Bertz CT molecular complexity index is 459. The van der Waals surface area contributed by atoms with Gasteiger partial charge in [-0.05, 0) is 12.5 Å². The van der Waals surface area contributed by atoms with Crippen LogP contribution >= 0.6 is 12.4 Å². The Morgan fingerprint density at radius 2 is 2.18 bits per heavy atom. The molecule has 22 heavy (non-hydrogen) atoms. The van der Waals surface area contributed by atoms with E-state index in [-0.39, 0.29) is 24.4 Å². The number of carbonyl (C=O) groups excluding carboxylic acids is 1. The van der Waals surface area contributed by atoms with Crippen molar-refractivity contribution in [3.8, 4) is 0 Å². The van der Waals surface area contributed by atoms with Crippen molar-refractivity contribution in [3.63, 3.8) is 0 Å². The summed E-state index contributed by atoms with van der Waals surface area (Å²) in [4.78, 5) is 14.1. The number of rotatable bonds is 6. The number of benzene rings is 1. The summed E-state index contributed by atoms with van der Waals surface area (Å²) in [6, 6.07) is 10.1. The van der Waals surface area contributed by atoms with Crippen molar-refractivity contribution in [1.82, 2.24) is 10.2 Å². The van der Waals surface area contributed by atoms with Crippen LogP contribution in [-0.2, 0) is 9.53 Å². The van der Waals surface area contributed by atoms with E-state index in [1.165, 1.54) is 0 Å². The molecule has 1 aromatic rings. The van der Waals surface area contributed by atoms with Crippen LogP contribution in [0.15, 0.2) is 36.4 Å². The van der Waals surface area contributed by atoms with Crippen LogP contribution in [0, 0.1) is 0 Å². The number of morpholine rings is 1. The highest BCUT2D eigenvalue weighted by Crippen LogP contribution is 2.06. The van der Waals surface area contributed by atoms with E-state index in [9.17, 15) is 4.79 Å². The predicted octanol–water partition coefficient (Wildman–Crippen LogP) is 2.35. The Morgan fingerprint density at radius 1 is 1.41 bits per heavy atom. The molecule has 1 saturated heterocycles. The molecular formula is C17H25ClN2O2. The molecule has 0 aliphatic carbocycles. The minimum Gasteiger partial charge on any atom is -0.375 e. The molecule has 0 bridgehead atoms. The Labute approximate surface area is 138 Å². The number of amides is 1. The van der Waals surface area contributed by atoms with Gasteiger partial charge < -0.3 is 15.0 Å². The van der Waals surface area contributed by atoms with E-state index < -0.39 is 0 Å². The summed E-state index contributed by atoms with van der Waals surface area (Å²) in [5, 5.41) is 3.25. The number of ether oxygens (including phenoxy) is 1. The fourth-order valence-corrected chi connectivity index (χ4v) is 2.36. The van der Waals surface area contributed by atoms with Gasteiger partial charge in [0.05, 0.1) is 19.1 Å².